The molecule has 1 rings (SSSR count). The molecule has 1 aromatic rings. The van der Waals surface area contributed by atoms with Crippen LogP contribution in [0.1, 0.15) is 10.4 Å². The first-order chi connectivity index (χ1) is 6.65. The number of nitrogens with zero attached hydrogens (tertiary/aromatic N) is 1. The van der Waals surface area contributed by atoms with E-state index in [1.807, 2.05) is 0 Å². The Bertz CT molecular complexity index is 400. The Kier molecular flexibility index (Phi) is 3.43. The minimum atomic E-state index is -0.580. The van der Waals surface area contributed by atoms with Crippen molar-refractivity contribution in [2.75, 3.05) is 6.54 Å². The van der Waals surface area contributed by atoms with Crippen molar-refractivity contribution in [3.05, 3.63) is 34.6 Å². The lowest BCUT2D eigenvalue weighted by molar-refractivity contribution is 0.0958. The molecule has 0 unspecified atom stereocenters. The van der Waals surface area contributed by atoms with E-state index in [1.165, 1.54) is 12.1 Å². The molecule has 14 heavy (non-hydrogen) atoms. The number of carbonyl (C=O) groups excluding carboxylic acids is 1. The van der Waals surface area contributed by atoms with E-state index in [2.05, 4.69) is 5.32 Å². The predicted octanol–water partition coefficient (Wildman–Crippen LogP) is 1.73. The van der Waals surface area contributed by atoms with Crippen LogP contribution in [0.5, 0.6) is 0 Å². The van der Waals surface area contributed by atoms with Gasteiger partial charge in [0.05, 0.1) is 11.1 Å². The highest BCUT2D eigenvalue weighted by atomic mass is 35.5. The van der Waals surface area contributed by atoms with Gasteiger partial charge in [0.2, 0.25) is 0 Å². The predicted molar refractivity (Wildman–Crippen MR) is 49.4 cm³/mol. The Labute approximate surface area is 85.1 Å². The molecule has 0 saturated carbocycles. The molecule has 1 N–H and O–H groups in total. The lowest BCUT2D eigenvalue weighted by Crippen LogP contribution is -2.23. The molecule has 5 heteroatoms. The number of benzene rings is 1. The fraction of sp³-hybridized carbons (Fsp3) is 0.111. The van der Waals surface area contributed by atoms with Gasteiger partial charge in [-0.1, -0.05) is 11.6 Å². The number of nitrogens with one attached hydrogen (secondary N) is 1. The van der Waals surface area contributed by atoms with Gasteiger partial charge >= 0.3 is 0 Å². The van der Waals surface area contributed by atoms with Crippen LogP contribution in [0.4, 0.5) is 4.39 Å². The minimum Gasteiger partial charge on any atom is -0.339 e. The van der Waals surface area contributed by atoms with Crippen LogP contribution in [0.2, 0.25) is 5.02 Å². The van der Waals surface area contributed by atoms with Crippen LogP contribution in [0.25, 0.3) is 0 Å². The molecule has 0 radical (unpaired) electrons. The maximum Gasteiger partial charge on any atom is 0.252 e. The molecule has 0 aliphatic carbocycles. The summed E-state index contributed by atoms with van der Waals surface area (Å²) >= 11 is 5.47. The first-order valence-corrected chi connectivity index (χ1v) is 4.13. The van der Waals surface area contributed by atoms with E-state index < -0.39 is 11.7 Å². The van der Waals surface area contributed by atoms with Crippen molar-refractivity contribution in [2.45, 2.75) is 0 Å². The summed E-state index contributed by atoms with van der Waals surface area (Å²) in [6.45, 7) is -0.0895. The lowest BCUT2D eigenvalue weighted by atomic mass is 10.2. The van der Waals surface area contributed by atoms with E-state index in [0.717, 1.165) is 6.07 Å². The lowest BCUT2D eigenvalue weighted by Gasteiger charge is -2.01. The summed E-state index contributed by atoms with van der Waals surface area (Å²) in [5, 5.41) is 10.4. The van der Waals surface area contributed by atoms with E-state index in [-0.39, 0.29) is 17.1 Å². The molecule has 0 bridgehead atoms. The Balaban J connectivity index is 2.82. The molecule has 72 valence electrons. The maximum atomic E-state index is 12.7. The monoisotopic (exact) mass is 212 g/mol. The van der Waals surface area contributed by atoms with Gasteiger partial charge in [0.1, 0.15) is 12.4 Å². The average Bonchev–Trinajstić information content (AvgIpc) is 2.18. The van der Waals surface area contributed by atoms with E-state index in [4.69, 9.17) is 16.9 Å². The van der Waals surface area contributed by atoms with Crippen molar-refractivity contribution in [1.82, 2.24) is 5.32 Å². The number of hydrogen-bond acceptors (Lipinski definition) is 2. The van der Waals surface area contributed by atoms with Gasteiger partial charge in [-0.25, -0.2) is 4.39 Å². The first kappa shape index (κ1) is 10.5. The molecule has 0 atom stereocenters. The number of amides is 1. The molecule has 0 fully saturated rings. The van der Waals surface area contributed by atoms with E-state index in [9.17, 15) is 9.18 Å². The summed E-state index contributed by atoms with van der Waals surface area (Å²) in [7, 11) is 0. The second kappa shape index (κ2) is 4.58. The summed E-state index contributed by atoms with van der Waals surface area (Å²) in [4.78, 5) is 11.2. The summed E-state index contributed by atoms with van der Waals surface area (Å²) in [6.07, 6.45) is 0. The number of rotatable bonds is 2. The maximum absolute atomic E-state index is 12.7. The van der Waals surface area contributed by atoms with Gasteiger partial charge in [-0.3, -0.25) is 4.79 Å². The van der Waals surface area contributed by atoms with Gasteiger partial charge in [0.15, 0.2) is 0 Å². The van der Waals surface area contributed by atoms with Crippen molar-refractivity contribution in [1.29, 1.82) is 5.26 Å². The Morgan fingerprint density at radius 3 is 2.93 bits per heavy atom. The average molecular weight is 213 g/mol. The highest BCUT2D eigenvalue weighted by Gasteiger charge is 2.07. The van der Waals surface area contributed by atoms with Crippen LogP contribution in [-0.4, -0.2) is 12.5 Å². The Morgan fingerprint density at radius 1 is 1.64 bits per heavy atom. The normalized spacial score (nSPS) is 9.21. The molecular weight excluding hydrogens is 207 g/mol. The molecule has 0 aromatic heterocycles. The van der Waals surface area contributed by atoms with Gasteiger partial charge in [0, 0.05) is 5.56 Å². The van der Waals surface area contributed by atoms with Crippen LogP contribution in [0.3, 0.4) is 0 Å². The summed E-state index contributed by atoms with van der Waals surface area (Å²) in [5.74, 6) is -1.03. The first-order valence-electron chi connectivity index (χ1n) is 3.75. The van der Waals surface area contributed by atoms with Gasteiger partial charge in [0.25, 0.3) is 5.91 Å². The van der Waals surface area contributed by atoms with Crippen LogP contribution in [0.15, 0.2) is 18.2 Å². The third kappa shape index (κ3) is 2.44. The molecule has 0 spiro atoms. The Morgan fingerprint density at radius 2 is 2.36 bits per heavy atom. The molecule has 1 aromatic carbocycles. The smallest absolute Gasteiger partial charge is 0.252 e. The van der Waals surface area contributed by atoms with Crippen molar-refractivity contribution in [3.63, 3.8) is 0 Å². The van der Waals surface area contributed by atoms with Crippen molar-refractivity contribution in [3.8, 4) is 6.07 Å². The summed E-state index contributed by atoms with van der Waals surface area (Å²) in [6, 6.07) is 5.37. The van der Waals surface area contributed by atoms with E-state index in [0.29, 0.717) is 0 Å². The van der Waals surface area contributed by atoms with Crippen LogP contribution < -0.4 is 5.32 Å². The zero-order chi connectivity index (χ0) is 10.6. The van der Waals surface area contributed by atoms with Crippen LogP contribution in [-0.2, 0) is 0 Å². The van der Waals surface area contributed by atoms with Gasteiger partial charge in [-0.15, -0.1) is 0 Å². The fourth-order valence-corrected chi connectivity index (χ4v) is 1.04. The standard InChI is InChI=1S/C9H6ClFN2O/c10-7-5-6(1-2-8(7)11)9(14)13-4-3-12/h1-2,5H,4H2,(H,13,14). The zero-order valence-electron chi connectivity index (χ0n) is 7.05. The number of carbonyl (C=O) groups is 1. The second-order valence-corrected chi connectivity index (χ2v) is 2.88. The quantitative estimate of drug-likeness (QED) is 0.759. The molecule has 0 aliphatic heterocycles. The third-order valence-corrected chi connectivity index (χ3v) is 1.80. The molecule has 1 amide bonds. The Hall–Kier alpha value is -1.60. The summed E-state index contributed by atoms with van der Waals surface area (Å²) in [5.41, 5.74) is 0.228. The SMILES string of the molecule is N#CCNC(=O)c1ccc(F)c(Cl)c1. The van der Waals surface area contributed by atoms with E-state index in [1.54, 1.807) is 6.07 Å². The van der Waals surface area contributed by atoms with Crippen molar-refractivity contribution < 1.29 is 9.18 Å². The van der Waals surface area contributed by atoms with E-state index >= 15 is 0 Å². The third-order valence-electron chi connectivity index (χ3n) is 1.51. The molecule has 0 heterocycles. The highest BCUT2D eigenvalue weighted by Crippen LogP contribution is 2.15. The number of halogens is 2. The van der Waals surface area contributed by atoms with Crippen LogP contribution >= 0.6 is 11.6 Å². The molecule has 0 aliphatic rings. The minimum absolute atomic E-state index is 0.0895. The number of nitriles is 1. The van der Waals surface area contributed by atoms with Crippen molar-refractivity contribution in [2.24, 2.45) is 0 Å². The summed E-state index contributed by atoms with van der Waals surface area (Å²) < 4.78 is 12.7. The fourth-order valence-electron chi connectivity index (χ4n) is 0.859. The second-order valence-electron chi connectivity index (χ2n) is 2.47. The van der Waals surface area contributed by atoms with Gasteiger partial charge in [-0.05, 0) is 18.2 Å². The zero-order valence-corrected chi connectivity index (χ0v) is 7.81. The molecular formula is C9H6ClFN2O. The topological polar surface area (TPSA) is 52.9 Å². The van der Waals surface area contributed by atoms with Gasteiger partial charge < -0.3 is 5.32 Å². The highest BCUT2D eigenvalue weighted by molar-refractivity contribution is 6.31. The van der Waals surface area contributed by atoms with Crippen molar-refractivity contribution >= 4 is 17.5 Å². The molecule has 3 nitrogen and oxygen atoms in total. The molecule has 0 saturated heterocycles. The number of hydrogen-bond donors (Lipinski definition) is 1. The largest absolute Gasteiger partial charge is 0.339 e. The van der Waals surface area contributed by atoms with Crippen LogP contribution in [0, 0.1) is 17.1 Å². The van der Waals surface area contributed by atoms with Gasteiger partial charge in [-0.2, -0.15) is 5.26 Å².